The number of nitrogens with one attached hydrogen (secondary N) is 1. The van der Waals surface area contributed by atoms with E-state index in [1.807, 2.05) is 72.8 Å². The van der Waals surface area contributed by atoms with E-state index >= 15 is 0 Å². The highest BCUT2D eigenvalue weighted by Crippen LogP contribution is 2.35. The van der Waals surface area contributed by atoms with E-state index in [2.05, 4.69) is 32.2 Å². The molecular weight excluding hydrogens is 456 g/mol. The molecule has 1 heterocycles. The Bertz CT molecular complexity index is 1240. The first-order valence-electron chi connectivity index (χ1n) is 12.0. The van der Waals surface area contributed by atoms with Gasteiger partial charge in [-0.1, -0.05) is 79.6 Å². The molecular formula is C28H28N4O2S. The van der Waals surface area contributed by atoms with Gasteiger partial charge in [-0.05, 0) is 49.2 Å². The fraction of sp³-hybridized carbons (Fsp3) is 0.250. The highest BCUT2D eigenvalue weighted by atomic mass is 32.2. The van der Waals surface area contributed by atoms with Gasteiger partial charge in [-0.25, -0.2) is 0 Å². The standard InChI is InChI=1S/C28H28N4O2S/c33-26(29-22-16-18-25(19-17-22)34-24-14-8-3-9-15-24)20-35-28-31-30-27(21-10-4-1-5-11-21)32(28)23-12-6-2-7-13-23/h1,3-5,8-11,14-19,23H,2,6-7,12-13,20H2,(H,29,33). The van der Waals surface area contributed by atoms with E-state index in [9.17, 15) is 4.79 Å². The summed E-state index contributed by atoms with van der Waals surface area (Å²) in [5.41, 5.74) is 1.79. The summed E-state index contributed by atoms with van der Waals surface area (Å²) in [5, 5.41) is 12.8. The zero-order valence-corrected chi connectivity index (χ0v) is 20.3. The number of hydrogen-bond donors (Lipinski definition) is 1. The van der Waals surface area contributed by atoms with Gasteiger partial charge in [0.2, 0.25) is 5.91 Å². The van der Waals surface area contributed by atoms with Crippen LogP contribution in [-0.4, -0.2) is 26.4 Å². The lowest BCUT2D eigenvalue weighted by molar-refractivity contribution is -0.113. The number of anilines is 1. The molecule has 35 heavy (non-hydrogen) atoms. The van der Waals surface area contributed by atoms with Crippen molar-refractivity contribution < 1.29 is 9.53 Å². The molecule has 0 radical (unpaired) electrons. The molecule has 0 spiro atoms. The Labute approximate surface area is 209 Å². The van der Waals surface area contributed by atoms with Gasteiger partial charge in [0.15, 0.2) is 11.0 Å². The van der Waals surface area contributed by atoms with Gasteiger partial charge in [-0.2, -0.15) is 0 Å². The molecule has 1 fully saturated rings. The molecule has 1 amide bonds. The maximum atomic E-state index is 12.7. The van der Waals surface area contributed by atoms with Crippen LogP contribution in [0.25, 0.3) is 11.4 Å². The Hall–Kier alpha value is -3.58. The third-order valence-electron chi connectivity index (χ3n) is 6.09. The molecule has 1 N–H and O–H groups in total. The number of hydrogen-bond acceptors (Lipinski definition) is 5. The molecule has 4 aromatic rings. The monoisotopic (exact) mass is 484 g/mol. The lowest BCUT2D eigenvalue weighted by atomic mass is 9.95. The molecule has 1 aliphatic rings. The largest absolute Gasteiger partial charge is 0.457 e. The number of thioether (sulfide) groups is 1. The summed E-state index contributed by atoms with van der Waals surface area (Å²) in [6.07, 6.45) is 5.95. The number of carbonyl (C=O) groups is 1. The predicted molar refractivity (Wildman–Crippen MR) is 140 cm³/mol. The van der Waals surface area contributed by atoms with E-state index in [4.69, 9.17) is 4.74 Å². The van der Waals surface area contributed by atoms with Crippen LogP contribution in [0.1, 0.15) is 38.1 Å². The summed E-state index contributed by atoms with van der Waals surface area (Å²) in [7, 11) is 0. The molecule has 0 bridgehead atoms. The Morgan fingerprint density at radius 1 is 0.857 bits per heavy atom. The quantitative estimate of drug-likeness (QED) is 0.273. The highest BCUT2D eigenvalue weighted by molar-refractivity contribution is 7.99. The first-order valence-corrected chi connectivity index (χ1v) is 13.0. The average Bonchev–Trinajstić information content (AvgIpc) is 3.34. The first kappa shape index (κ1) is 23.2. The molecule has 6 nitrogen and oxygen atoms in total. The minimum Gasteiger partial charge on any atom is -0.457 e. The molecule has 1 aromatic heterocycles. The van der Waals surface area contributed by atoms with Crippen molar-refractivity contribution in [1.82, 2.24) is 14.8 Å². The summed E-state index contributed by atoms with van der Waals surface area (Å²) < 4.78 is 8.07. The van der Waals surface area contributed by atoms with Crippen molar-refractivity contribution in [1.29, 1.82) is 0 Å². The summed E-state index contributed by atoms with van der Waals surface area (Å²) in [6.45, 7) is 0. The Morgan fingerprint density at radius 2 is 1.51 bits per heavy atom. The van der Waals surface area contributed by atoms with E-state index in [0.717, 1.165) is 46.6 Å². The summed E-state index contributed by atoms with van der Waals surface area (Å²) >= 11 is 1.44. The molecule has 7 heteroatoms. The van der Waals surface area contributed by atoms with Gasteiger partial charge in [-0.15, -0.1) is 10.2 Å². The molecule has 0 aliphatic heterocycles. The molecule has 1 saturated carbocycles. The topological polar surface area (TPSA) is 69.0 Å². The molecule has 0 unspecified atom stereocenters. The number of amides is 1. The number of nitrogens with zero attached hydrogens (tertiary/aromatic N) is 3. The molecule has 0 saturated heterocycles. The number of benzene rings is 3. The summed E-state index contributed by atoms with van der Waals surface area (Å²) in [6, 6.07) is 27.6. The van der Waals surface area contributed by atoms with E-state index in [1.165, 1.54) is 31.0 Å². The van der Waals surface area contributed by atoms with E-state index in [0.29, 0.717) is 6.04 Å². The van der Waals surface area contributed by atoms with E-state index in [-0.39, 0.29) is 11.7 Å². The second-order valence-corrected chi connectivity index (χ2v) is 9.55. The highest BCUT2D eigenvalue weighted by Gasteiger charge is 2.24. The third kappa shape index (κ3) is 5.92. The molecule has 0 atom stereocenters. The number of rotatable bonds is 8. The van der Waals surface area contributed by atoms with Crippen LogP contribution in [0.3, 0.4) is 0 Å². The predicted octanol–water partition coefficient (Wildman–Crippen LogP) is 6.97. The molecule has 3 aromatic carbocycles. The smallest absolute Gasteiger partial charge is 0.234 e. The number of para-hydroxylation sites is 1. The Balaban J connectivity index is 1.23. The minimum absolute atomic E-state index is 0.0776. The maximum absolute atomic E-state index is 12.7. The summed E-state index contributed by atoms with van der Waals surface area (Å²) in [4.78, 5) is 12.7. The lowest BCUT2D eigenvalue weighted by Gasteiger charge is -2.25. The van der Waals surface area contributed by atoms with Crippen molar-refractivity contribution in [3.63, 3.8) is 0 Å². The van der Waals surface area contributed by atoms with Crippen LogP contribution in [-0.2, 0) is 4.79 Å². The second-order valence-electron chi connectivity index (χ2n) is 8.61. The number of aromatic nitrogens is 3. The Kier molecular flexibility index (Phi) is 7.44. The average molecular weight is 485 g/mol. The van der Waals surface area contributed by atoms with Gasteiger partial charge in [0, 0.05) is 17.3 Å². The first-order chi connectivity index (χ1) is 17.3. The third-order valence-corrected chi connectivity index (χ3v) is 7.03. The second kappa shape index (κ2) is 11.2. The zero-order valence-electron chi connectivity index (χ0n) is 19.5. The van der Waals surface area contributed by atoms with Crippen LogP contribution >= 0.6 is 11.8 Å². The lowest BCUT2D eigenvalue weighted by Crippen LogP contribution is -2.17. The van der Waals surface area contributed by atoms with Crippen LogP contribution < -0.4 is 10.1 Å². The molecule has 5 rings (SSSR count). The van der Waals surface area contributed by atoms with Crippen LogP contribution in [0.4, 0.5) is 5.69 Å². The van der Waals surface area contributed by atoms with Crippen molar-refractivity contribution in [3.05, 3.63) is 84.9 Å². The fourth-order valence-corrected chi connectivity index (χ4v) is 5.19. The van der Waals surface area contributed by atoms with Gasteiger partial charge in [0.25, 0.3) is 0 Å². The van der Waals surface area contributed by atoms with E-state index in [1.54, 1.807) is 0 Å². The number of ether oxygens (including phenoxy) is 1. The van der Waals surface area contributed by atoms with Crippen molar-refractivity contribution in [2.24, 2.45) is 0 Å². The summed E-state index contributed by atoms with van der Waals surface area (Å²) in [5.74, 6) is 2.57. The van der Waals surface area contributed by atoms with Gasteiger partial charge < -0.3 is 10.1 Å². The van der Waals surface area contributed by atoms with Gasteiger partial charge >= 0.3 is 0 Å². The van der Waals surface area contributed by atoms with Crippen LogP contribution in [0.2, 0.25) is 0 Å². The minimum atomic E-state index is -0.0776. The Morgan fingerprint density at radius 3 is 2.23 bits per heavy atom. The van der Waals surface area contributed by atoms with Crippen LogP contribution in [0, 0.1) is 0 Å². The molecule has 1 aliphatic carbocycles. The van der Waals surface area contributed by atoms with Gasteiger partial charge in [-0.3, -0.25) is 9.36 Å². The fourth-order valence-electron chi connectivity index (χ4n) is 4.39. The van der Waals surface area contributed by atoms with Crippen LogP contribution in [0.15, 0.2) is 90.1 Å². The van der Waals surface area contributed by atoms with Crippen molar-refractivity contribution in [2.45, 2.75) is 43.3 Å². The maximum Gasteiger partial charge on any atom is 0.234 e. The van der Waals surface area contributed by atoms with Crippen LogP contribution in [0.5, 0.6) is 11.5 Å². The van der Waals surface area contributed by atoms with Gasteiger partial charge in [0.1, 0.15) is 11.5 Å². The van der Waals surface area contributed by atoms with Crippen molar-refractivity contribution in [3.8, 4) is 22.9 Å². The molecule has 178 valence electrons. The normalized spacial score (nSPS) is 13.9. The van der Waals surface area contributed by atoms with Gasteiger partial charge in [0.05, 0.1) is 5.75 Å². The van der Waals surface area contributed by atoms with Crippen molar-refractivity contribution >= 4 is 23.4 Å². The zero-order chi connectivity index (χ0) is 23.9. The van der Waals surface area contributed by atoms with Crippen molar-refractivity contribution in [2.75, 3.05) is 11.1 Å². The SMILES string of the molecule is O=C(CSc1nnc(-c2ccccc2)n1C1CCCCC1)Nc1ccc(Oc2ccccc2)cc1. The number of carbonyl (C=O) groups excluding carboxylic acids is 1. The van der Waals surface area contributed by atoms with E-state index < -0.39 is 0 Å².